The van der Waals surface area contributed by atoms with Gasteiger partial charge in [0.05, 0.1) is 11.4 Å². The maximum atomic E-state index is 11.9. The van der Waals surface area contributed by atoms with Gasteiger partial charge in [0.15, 0.2) is 0 Å². The lowest BCUT2D eigenvalue weighted by atomic mass is 10.1. The smallest absolute Gasteiger partial charge is 0.308 e. The molecule has 0 bridgehead atoms. The minimum atomic E-state index is -4.26. The SMILES string of the molecule is CCCCCCCCCC1(S(=O)(=O)O)Nc2ccccc2N1. The molecule has 0 saturated heterocycles. The van der Waals surface area contributed by atoms with E-state index < -0.39 is 15.1 Å². The molecule has 1 aromatic carbocycles. The molecule has 0 spiro atoms. The van der Waals surface area contributed by atoms with Crippen LogP contribution in [0.2, 0.25) is 0 Å². The molecule has 6 heteroatoms. The summed E-state index contributed by atoms with van der Waals surface area (Å²) in [5, 5.41) is 5.90. The van der Waals surface area contributed by atoms with Gasteiger partial charge in [0, 0.05) is 6.42 Å². The Kier molecular flexibility index (Phi) is 5.69. The molecule has 5 nitrogen and oxygen atoms in total. The summed E-state index contributed by atoms with van der Waals surface area (Å²) in [5.41, 5.74) is 1.42. The van der Waals surface area contributed by atoms with Gasteiger partial charge in [-0.2, -0.15) is 8.42 Å². The predicted octanol–water partition coefficient (Wildman–Crippen LogP) is 4.21. The predicted molar refractivity (Wildman–Crippen MR) is 90.6 cm³/mol. The van der Waals surface area contributed by atoms with Crippen molar-refractivity contribution in [2.75, 3.05) is 10.6 Å². The van der Waals surface area contributed by atoms with E-state index in [9.17, 15) is 13.0 Å². The van der Waals surface area contributed by atoms with Crippen molar-refractivity contribution in [1.29, 1.82) is 0 Å². The first kappa shape index (κ1) is 17.1. The summed E-state index contributed by atoms with van der Waals surface area (Å²) in [4.78, 5) is -1.49. The quantitative estimate of drug-likeness (QED) is 0.468. The first-order chi connectivity index (χ1) is 10.5. The van der Waals surface area contributed by atoms with E-state index in [0.717, 1.165) is 19.3 Å². The van der Waals surface area contributed by atoms with Crippen LogP contribution in [0.25, 0.3) is 0 Å². The average Bonchev–Trinajstić information content (AvgIpc) is 2.86. The van der Waals surface area contributed by atoms with Crippen LogP contribution in [0.1, 0.15) is 58.3 Å². The van der Waals surface area contributed by atoms with E-state index in [-0.39, 0.29) is 0 Å². The number of unbranched alkanes of at least 4 members (excludes halogenated alkanes) is 6. The molecule has 1 aromatic rings. The molecule has 0 unspecified atom stereocenters. The van der Waals surface area contributed by atoms with Crippen LogP contribution >= 0.6 is 0 Å². The van der Waals surface area contributed by atoms with Crippen molar-refractivity contribution < 1.29 is 13.0 Å². The lowest BCUT2D eigenvalue weighted by Gasteiger charge is -2.27. The number of anilines is 2. The van der Waals surface area contributed by atoms with Crippen molar-refractivity contribution in [2.45, 2.75) is 63.3 Å². The Bertz CT molecular complexity index is 562. The Hall–Kier alpha value is -1.27. The zero-order valence-corrected chi connectivity index (χ0v) is 14.0. The average molecular weight is 326 g/mol. The van der Waals surface area contributed by atoms with Gasteiger partial charge in [-0.3, -0.25) is 4.55 Å². The lowest BCUT2D eigenvalue weighted by molar-refractivity contribution is 0.434. The first-order valence-electron chi connectivity index (χ1n) is 8.11. The molecule has 22 heavy (non-hydrogen) atoms. The van der Waals surface area contributed by atoms with Crippen LogP contribution in [0.5, 0.6) is 0 Å². The Morgan fingerprint density at radius 3 is 1.95 bits per heavy atom. The van der Waals surface area contributed by atoms with Crippen molar-refractivity contribution in [3.05, 3.63) is 24.3 Å². The highest BCUT2D eigenvalue weighted by atomic mass is 32.2. The summed E-state index contributed by atoms with van der Waals surface area (Å²) in [6.45, 7) is 2.19. The van der Waals surface area contributed by atoms with Crippen molar-refractivity contribution in [3.63, 3.8) is 0 Å². The summed E-state index contributed by atoms with van der Waals surface area (Å²) in [7, 11) is -4.26. The number of fused-ring (bicyclic) bond motifs is 1. The van der Waals surface area contributed by atoms with Gasteiger partial charge in [-0.1, -0.05) is 57.6 Å². The minimum Gasteiger partial charge on any atom is -0.347 e. The van der Waals surface area contributed by atoms with Gasteiger partial charge in [0.2, 0.25) is 4.99 Å². The van der Waals surface area contributed by atoms with Crippen LogP contribution in [0.3, 0.4) is 0 Å². The molecule has 0 atom stereocenters. The second-order valence-electron chi connectivity index (χ2n) is 5.97. The van der Waals surface area contributed by atoms with E-state index in [1.54, 1.807) is 12.1 Å². The summed E-state index contributed by atoms with van der Waals surface area (Å²) in [6, 6.07) is 7.28. The van der Waals surface area contributed by atoms with Gasteiger partial charge in [-0.05, 0) is 18.6 Å². The van der Waals surface area contributed by atoms with Crippen LogP contribution in [0.15, 0.2) is 24.3 Å². The van der Waals surface area contributed by atoms with Gasteiger partial charge in [0.1, 0.15) is 0 Å². The number of nitrogens with one attached hydrogen (secondary N) is 2. The molecule has 0 saturated carbocycles. The van der Waals surface area contributed by atoms with Crippen LogP contribution in [0, 0.1) is 0 Å². The highest BCUT2D eigenvalue weighted by Crippen LogP contribution is 2.38. The number of hydrogen-bond acceptors (Lipinski definition) is 4. The third kappa shape index (κ3) is 3.93. The molecule has 0 amide bonds. The van der Waals surface area contributed by atoms with E-state index >= 15 is 0 Å². The van der Waals surface area contributed by atoms with E-state index in [4.69, 9.17) is 0 Å². The van der Waals surface area contributed by atoms with Gasteiger partial charge in [0.25, 0.3) is 0 Å². The van der Waals surface area contributed by atoms with Gasteiger partial charge >= 0.3 is 10.1 Å². The number of rotatable bonds is 9. The van der Waals surface area contributed by atoms with Crippen LogP contribution in [0.4, 0.5) is 11.4 Å². The van der Waals surface area contributed by atoms with Crippen LogP contribution < -0.4 is 10.6 Å². The third-order valence-corrected chi connectivity index (χ3v) is 5.46. The second kappa shape index (κ2) is 7.33. The number of benzene rings is 1. The summed E-state index contributed by atoms with van der Waals surface area (Å²) >= 11 is 0. The van der Waals surface area contributed by atoms with Crippen molar-refractivity contribution in [1.82, 2.24) is 0 Å². The number of para-hydroxylation sites is 2. The molecular weight excluding hydrogens is 300 g/mol. The molecule has 1 aliphatic rings. The molecule has 1 heterocycles. The van der Waals surface area contributed by atoms with Gasteiger partial charge in [-0.15, -0.1) is 0 Å². The fourth-order valence-electron chi connectivity index (χ4n) is 2.88. The molecule has 0 aliphatic carbocycles. The van der Waals surface area contributed by atoms with Crippen LogP contribution in [-0.4, -0.2) is 18.0 Å². The summed E-state index contributed by atoms with van der Waals surface area (Å²) < 4.78 is 33.4. The Labute approximate surface area is 133 Å². The standard InChI is InChI=1S/C16H26N2O3S/c1-2-3-4-5-6-7-10-13-16(22(19,20)21)17-14-11-8-9-12-15(14)18-16/h8-9,11-12,17-18H,2-7,10,13H2,1H3,(H,19,20,21). The third-order valence-electron chi connectivity index (χ3n) is 4.17. The van der Waals surface area contributed by atoms with Crippen molar-refractivity contribution in [2.24, 2.45) is 0 Å². The lowest BCUT2D eigenvalue weighted by Crippen LogP contribution is -2.49. The molecule has 124 valence electrons. The topological polar surface area (TPSA) is 78.4 Å². The molecule has 0 aromatic heterocycles. The normalized spacial score (nSPS) is 15.9. The zero-order chi connectivity index (χ0) is 16.1. The largest absolute Gasteiger partial charge is 0.347 e. The molecule has 3 N–H and O–H groups in total. The van der Waals surface area contributed by atoms with Crippen molar-refractivity contribution >= 4 is 21.5 Å². The van der Waals surface area contributed by atoms with Gasteiger partial charge in [-0.25, -0.2) is 0 Å². The Morgan fingerprint density at radius 1 is 0.955 bits per heavy atom. The first-order valence-corrected chi connectivity index (χ1v) is 9.55. The monoisotopic (exact) mass is 326 g/mol. The molecular formula is C16H26N2O3S. The van der Waals surface area contributed by atoms with E-state index in [2.05, 4.69) is 17.6 Å². The molecule has 2 rings (SSSR count). The second-order valence-corrected chi connectivity index (χ2v) is 7.62. The fraction of sp³-hybridized carbons (Fsp3) is 0.625. The summed E-state index contributed by atoms with van der Waals surface area (Å²) in [5.74, 6) is 0. The fourth-order valence-corrected chi connectivity index (χ4v) is 3.76. The zero-order valence-electron chi connectivity index (χ0n) is 13.1. The molecule has 0 radical (unpaired) electrons. The molecule has 1 aliphatic heterocycles. The highest BCUT2D eigenvalue weighted by molar-refractivity contribution is 7.87. The Balaban J connectivity index is 1.90. The highest BCUT2D eigenvalue weighted by Gasteiger charge is 2.46. The van der Waals surface area contributed by atoms with E-state index in [1.165, 1.54) is 25.7 Å². The van der Waals surface area contributed by atoms with Crippen molar-refractivity contribution in [3.8, 4) is 0 Å². The maximum Gasteiger partial charge on any atom is 0.308 e. The van der Waals surface area contributed by atoms with E-state index in [0.29, 0.717) is 17.8 Å². The van der Waals surface area contributed by atoms with Gasteiger partial charge < -0.3 is 10.6 Å². The van der Waals surface area contributed by atoms with Crippen LogP contribution in [-0.2, 0) is 10.1 Å². The minimum absolute atomic E-state index is 0.342. The summed E-state index contributed by atoms with van der Waals surface area (Å²) in [6.07, 6.45) is 8.07. The number of hydrogen-bond donors (Lipinski definition) is 3. The Morgan fingerprint density at radius 2 is 1.45 bits per heavy atom. The molecule has 0 fully saturated rings. The van der Waals surface area contributed by atoms with E-state index in [1.807, 2.05) is 12.1 Å². The maximum absolute atomic E-state index is 11.9.